The van der Waals surface area contributed by atoms with Gasteiger partial charge in [-0.3, -0.25) is 4.79 Å². The molecule has 0 radical (unpaired) electrons. The molecule has 3 aromatic rings. The van der Waals surface area contributed by atoms with Crippen LogP contribution < -0.4 is 20.1 Å². The van der Waals surface area contributed by atoms with Gasteiger partial charge in [0.05, 0.1) is 5.56 Å². The molecule has 2 heterocycles. The third kappa shape index (κ3) is 4.17. The zero-order valence-corrected chi connectivity index (χ0v) is 14.6. The number of nitrogens with zero attached hydrogens (tertiary/aromatic N) is 1. The number of benzene rings is 2. The van der Waals surface area contributed by atoms with Crippen molar-refractivity contribution in [3.63, 3.8) is 0 Å². The van der Waals surface area contributed by atoms with Crippen molar-refractivity contribution < 1.29 is 14.3 Å². The Morgan fingerprint density at radius 2 is 1.78 bits per heavy atom. The summed E-state index contributed by atoms with van der Waals surface area (Å²) in [7, 11) is 0. The van der Waals surface area contributed by atoms with E-state index in [1.165, 1.54) is 5.56 Å². The van der Waals surface area contributed by atoms with Gasteiger partial charge in [0.15, 0.2) is 11.5 Å². The molecule has 0 atom stereocenters. The predicted molar refractivity (Wildman–Crippen MR) is 103 cm³/mol. The van der Waals surface area contributed by atoms with Crippen LogP contribution in [-0.4, -0.2) is 24.1 Å². The maximum absolute atomic E-state index is 12.4. The zero-order chi connectivity index (χ0) is 18.5. The topological polar surface area (TPSA) is 72.5 Å². The monoisotopic (exact) mass is 361 g/mol. The number of fused-ring (bicyclic) bond motifs is 1. The van der Waals surface area contributed by atoms with E-state index in [4.69, 9.17) is 9.47 Å². The summed E-state index contributed by atoms with van der Waals surface area (Å²) in [6.07, 6.45) is 1.56. The van der Waals surface area contributed by atoms with Crippen LogP contribution in [-0.2, 0) is 6.54 Å². The van der Waals surface area contributed by atoms with Crippen molar-refractivity contribution in [3.8, 4) is 11.5 Å². The number of carbonyl (C=O) groups excluding carboxylic acids is 1. The van der Waals surface area contributed by atoms with Gasteiger partial charge in [-0.2, -0.15) is 0 Å². The van der Waals surface area contributed by atoms with Crippen LogP contribution in [0.1, 0.15) is 15.9 Å². The van der Waals surface area contributed by atoms with Crippen LogP contribution in [0.15, 0.2) is 66.9 Å². The number of carbonyl (C=O) groups is 1. The van der Waals surface area contributed by atoms with E-state index >= 15 is 0 Å². The summed E-state index contributed by atoms with van der Waals surface area (Å²) in [6.45, 7) is 1.72. The smallest absolute Gasteiger partial charge is 0.257 e. The Hall–Kier alpha value is -3.54. The molecule has 2 aromatic carbocycles. The van der Waals surface area contributed by atoms with E-state index in [-0.39, 0.29) is 5.91 Å². The summed E-state index contributed by atoms with van der Waals surface area (Å²) in [4.78, 5) is 16.7. The minimum Gasteiger partial charge on any atom is -0.486 e. The fourth-order valence-corrected chi connectivity index (χ4v) is 2.75. The molecule has 1 amide bonds. The molecule has 1 aromatic heterocycles. The lowest BCUT2D eigenvalue weighted by atomic mass is 10.2. The van der Waals surface area contributed by atoms with Gasteiger partial charge < -0.3 is 20.1 Å². The summed E-state index contributed by atoms with van der Waals surface area (Å²) in [5.41, 5.74) is 2.30. The fraction of sp³-hybridized carbons (Fsp3) is 0.143. The van der Waals surface area contributed by atoms with Crippen molar-refractivity contribution in [3.05, 3.63) is 78.0 Å². The largest absolute Gasteiger partial charge is 0.486 e. The molecule has 4 rings (SSSR count). The summed E-state index contributed by atoms with van der Waals surface area (Å²) in [5, 5.41) is 6.09. The number of aromatic nitrogens is 1. The molecule has 0 aliphatic carbocycles. The first kappa shape index (κ1) is 16.9. The highest BCUT2D eigenvalue weighted by Crippen LogP contribution is 2.32. The normalized spacial score (nSPS) is 12.3. The molecule has 6 heteroatoms. The van der Waals surface area contributed by atoms with Gasteiger partial charge in [0.2, 0.25) is 0 Å². The van der Waals surface area contributed by atoms with Gasteiger partial charge in [0, 0.05) is 24.5 Å². The highest BCUT2D eigenvalue weighted by Gasteiger charge is 2.13. The van der Waals surface area contributed by atoms with E-state index in [0.717, 1.165) is 5.82 Å². The average molecular weight is 361 g/mol. The van der Waals surface area contributed by atoms with Crippen molar-refractivity contribution in [1.82, 2.24) is 4.98 Å². The molecule has 1 aliphatic heterocycles. The molecule has 2 N–H and O–H groups in total. The minimum absolute atomic E-state index is 0.228. The average Bonchev–Trinajstić information content (AvgIpc) is 2.73. The number of anilines is 2. The first-order chi connectivity index (χ1) is 13.3. The summed E-state index contributed by atoms with van der Waals surface area (Å²) >= 11 is 0. The lowest BCUT2D eigenvalue weighted by molar-refractivity contribution is 0.102. The van der Waals surface area contributed by atoms with E-state index < -0.39 is 0 Å². The predicted octanol–water partition coefficient (Wildman–Crippen LogP) is 3.72. The number of pyridine rings is 1. The number of nitrogens with one attached hydrogen (secondary N) is 2. The van der Waals surface area contributed by atoms with Crippen LogP contribution in [0.25, 0.3) is 0 Å². The first-order valence-electron chi connectivity index (χ1n) is 8.73. The van der Waals surface area contributed by atoms with E-state index in [1.807, 2.05) is 30.3 Å². The number of hydrogen-bond donors (Lipinski definition) is 2. The number of rotatable bonds is 5. The molecule has 0 unspecified atom stereocenters. The molecule has 6 nitrogen and oxygen atoms in total. The summed E-state index contributed by atoms with van der Waals surface area (Å²) < 4.78 is 11.0. The molecule has 0 saturated heterocycles. The van der Waals surface area contributed by atoms with Gasteiger partial charge in [-0.1, -0.05) is 30.3 Å². The SMILES string of the molecule is O=C(Nc1ccc2c(c1)OCCO2)c1ccc(NCc2ccccc2)nc1. The van der Waals surface area contributed by atoms with Gasteiger partial charge in [0.1, 0.15) is 19.0 Å². The molecular formula is C21H19N3O3. The Kier molecular flexibility index (Phi) is 4.87. The summed E-state index contributed by atoms with van der Waals surface area (Å²) in [6, 6.07) is 18.9. The fourth-order valence-electron chi connectivity index (χ4n) is 2.75. The lowest BCUT2D eigenvalue weighted by Gasteiger charge is -2.19. The molecule has 27 heavy (non-hydrogen) atoms. The second-order valence-electron chi connectivity index (χ2n) is 6.08. The standard InChI is InChI=1S/C21H19N3O3/c25-21(24-17-7-8-18-19(12-17)27-11-10-26-18)16-6-9-20(23-14-16)22-13-15-4-2-1-3-5-15/h1-9,12,14H,10-11,13H2,(H,22,23)(H,24,25). The van der Waals surface area contributed by atoms with E-state index in [1.54, 1.807) is 36.5 Å². The van der Waals surface area contributed by atoms with Crippen LogP contribution in [0.2, 0.25) is 0 Å². The third-order valence-electron chi connectivity index (χ3n) is 4.14. The Labute approximate surface area is 157 Å². The molecule has 1 aliphatic rings. The van der Waals surface area contributed by atoms with Crippen LogP contribution in [0.3, 0.4) is 0 Å². The van der Waals surface area contributed by atoms with Gasteiger partial charge >= 0.3 is 0 Å². The second kappa shape index (κ2) is 7.78. The van der Waals surface area contributed by atoms with Gasteiger partial charge in [-0.15, -0.1) is 0 Å². The third-order valence-corrected chi connectivity index (χ3v) is 4.14. The quantitative estimate of drug-likeness (QED) is 0.725. The Balaban J connectivity index is 1.37. The molecular weight excluding hydrogens is 342 g/mol. The van der Waals surface area contributed by atoms with Crippen LogP contribution in [0.5, 0.6) is 11.5 Å². The number of ether oxygens (including phenoxy) is 2. The second-order valence-corrected chi connectivity index (χ2v) is 6.08. The lowest BCUT2D eigenvalue weighted by Crippen LogP contribution is -2.16. The Morgan fingerprint density at radius 3 is 2.56 bits per heavy atom. The number of hydrogen-bond acceptors (Lipinski definition) is 5. The van der Waals surface area contributed by atoms with E-state index in [0.29, 0.717) is 42.5 Å². The van der Waals surface area contributed by atoms with Crippen molar-refractivity contribution in [1.29, 1.82) is 0 Å². The Morgan fingerprint density at radius 1 is 0.963 bits per heavy atom. The van der Waals surface area contributed by atoms with Crippen LogP contribution in [0.4, 0.5) is 11.5 Å². The highest BCUT2D eigenvalue weighted by molar-refractivity contribution is 6.04. The maximum Gasteiger partial charge on any atom is 0.257 e. The van der Waals surface area contributed by atoms with Crippen molar-refractivity contribution in [2.24, 2.45) is 0 Å². The van der Waals surface area contributed by atoms with Gasteiger partial charge in [-0.05, 0) is 29.8 Å². The maximum atomic E-state index is 12.4. The molecule has 0 saturated carbocycles. The van der Waals surface area contributed by atoms with E-state index in [2.05, 4.69) is 15.6 Å². The van der Waals surface area contributed by atoms with Gasteiger partial charge in [0.25, 0.3) is 5.91 Å². The first-order valence-corrected chi connectivity index (χ1v) is 8.73. The van der Waals surface area contributed by atoms with Crippen molar-refractivity contribution in [2.75, 3.05) is 23.8 Å². The minimum atomic E-state index is -0.228. The molecule has 136 valence electrons. The highest BCUT2D eigenvalue weighted by atomic mass is 16.6. The van der Waals surface area contributed by atoms with E-state index in [9.17, 15) is 4.79 Å². The van der Waals surface area contributed by atoms with Crippen molar-refractivity contribution in [2.45, 2.75) is 6.54 Å². The zero-order valence-electron chi connectivity index (χ0n) is 14.6. The summed E-state index contributed by atoms with van der Waals surface area (Å²) in [5.74, 6) is 1.82. The van der Waals surface area contributed by atoms with Crippen LogP contribution in [0, 0.1) is 0 Å². The van der Waals surface area contributed by atoms with Gasteiger partial charge in [-0.25, -0.2) is 4.98 Å². The molecule has 0 spiro atoms. The Bertz CT molecular complexity index is 927. The number of amides is 1. The molecule has 0 bridgehead atoms. The van der Waals surface area contributed by atoms with Crippen LogP contribution >= 0.6 is 0 Å². The molecule has 0 fully saturated rings. The van der Waals surface area contributed by atoms with Crippen molar-refractivity contribution >= 4 is 17.4 Å².